The summed E-state index contributed by atoms with van der Waals surface area (Å²) in [5, 5.41) is 3.49. The number of aliphatic imine (C=N–C) groups is 1. The topological polar surface area (TPSA) is 162 Å². The maximum Gasteiger partial charge on any atom is 0.437 e. The number of ether oxygens (including phenoxy) is 3. The van der Waals surface area contributed by atoms with Crippen LogP contribution in [0.1, 0.15) is 44.7 Å². The maximum absolute atomic E-state index is 13.0. The SMILES string of the molecule is CON(C)C(=O)[C@H](CCCN(C(=O)OCc1ccccc1)/C(N)=N/C(=O)OCc1ccccc1)NC(=O)OC(C)(C)C. The van der Waals surface area contributed by atoms with E-state index in [1.54, 1.807) is 69.3 Å². The molecule has 1 atom stereocenters. The summed E-state index contributed by atoms with van der Waals surface area (Å²) in [5.74, 6) is -1.00. The largest absolute Gasteiger partial charge is 0.444 e. The fourth-order valence-corrected chi connectivity index (χ4v) is 3.47. The number of benzene rings is 2. The summed E-state index contributed by atoms with van der Waals surface area (Å²) < 4.78 is 15.8. The van der Waals surface area contributed by atoms with Crippen molar-refractivity contribution in [1.29, 1.82) is 0 Å². The molecule has 0 radical (unpaired) electrons. The van der Waals surface area contributed by atoms with Crippen LogP contribution in [-0.4, -0.2) is 72.5 Å². The molecule has 0 fully saturated rings. The molecule has 0 unspecified atom stereocenters. The summed E-state index contributed by atoms with van der Waals surface area (Å²) in [5.41, 5.74) is 6.73. The van der Waals surface area contributed by atoms with Gasteiger partial charge >= 0.3 is 18.3 Å². The zero-order valence-electron chi connectivity index (χ0n) is 24.6. The van der Waals surface area contributed by atoms with E-state index in [0.29, 0.717) is 0 Å². The Hall–Kier alpha value is -4.65. The predicted octanol–water partition coefficient (Wildman–Crippen LogP) is 3.97. The molecule has 0 aliphatic carbocycles. The second kappa shape index (κ2) is 16.6. The molecule has 2 aromatic carbocycles. The number of hydrogen-bond donors (Lipinski definition) is 2. The number of rotatable bonds is 11. The summed E-state index contributed by atoms with van der Waals surface area (Å²) in [4.78, 5) is 60.2. The molecule has 228 valence electrons. The van der Waals surface area contributed by atoms with Crippen molar-refractivity contribution in [1.82, 2.24) is 15.3 Å². The Bertz CT molecular complexity index is 1200. The number of guanidine groups is 1. The highest BCUT2D eigenvalue weighted by molar-refractivity contribution is 5.98. The Morgan fingerprint density at radius 3 is 2.00 bits per heavy atom. The van der Waals surface area contributed by atoms with Crippen molar-refractivity contribution in [2.45, 2.75) is 58.5 Å². The minimum atomic E-state index is -1.05. The van der Waals surface area contributed by atoms with Crippen molar-refractivity contribution in [3.8, 4) is 0 Å². The van der Waals surface area contributed by atoms with E-state index in [4.69, 9.17) is 24.8 Å². The third-order valence-electron chi connectivity index (χ3n) is 5.56. The first kappa shape index (κ1) is 33.6. The zero-order valence-corrected chi connectivity index (χ0v) is 24.6. The van der Waals surface area contributed by atoms with Gasteiger partial charge in [0.05, 0.1) is 7.11 Å². The summed E-state index contributed by atoms with van der Waals surface area (Å²) in [6.07, 6.45) is -2.47. The van der Waals surface area contributed by atoms with Gasteiger partial charge in [-0.2, -0.15) is 0 Å². The smallest absolute Gasteiger partial charge is 0.437 e. The van der Waals surface area contributed by atoms with Crippen molar-refractivity contribution >= 4 is 30.1 Å². The molecule has 0 bridgehead atoms. The molecule has 3 N–H and O–H groups in total. The lowest BCUT2D eigenvalue weighted by Gasteiger charge is -2.26. The molecular formula is C29H39N5O8. The number of alkyl carbamates (subject to hydrolysis) is 1. The number of likely N-dealkylation sites (N-methyl/N-ethyl adjacent to an activating group) is 1. The van der Waals surface area contributed by atoms with Crippen LogP contribution in [0, 0.1) is 0 Å². The van der Waals surface area contributed by atoms with Gasteiger partial charge in [0, 0.05) is 13.6 Å². The maximum atomic E-state index is 13.0. The molecule has 4 amide bonds. The monoisotopic (exact) mass is 585 g/mol. The van der Waals surface area contributed by atoms with E-state index < -0.39 is 41.8 Å². The van der Waals surface area contributed by atoms with Crippen LogP contribution in [0.3, 0.4) is 0 Å². The Balaban J connectivity index is 2.14. The van der Waals surface area contributed by atoms with Gasteiger partial charge in [0.15, 0.2) is 0 Å². The van der Waals surface area contributed by atoms with Gasteiger partial charge in [0.25, 0.3) is 5.91 Å². The van der Waals surface area contributed by atoms with E-state index in [1.807, 2.05) is 12.1 Å². The zero-order chi connectivity index (χ0) is 31.1. The fraction of sp³-hybridized carbons (Fsp3) is 0.414. The molecule has 0 saturated heterocycles. The molecule has 42 heavy (non-hydrogen) atoms. The fourth-order valence-electron chi connectivity index (χ4n) is 3.47. The molecule has 0 aliphatic rings. The molecular weight excluding hydrogens is 546 g/mol. The Morgan fingerprint density at radius 1 is 0.929 bits per heavy atom. The second-order valence-corrected chi connectivity index (χ2v) is 10.1. The second-order valence-electron chi connectivity index (χ2n) is 10.1. The minimum absolute atomic E-state index is 0.0396. The van der Waals surface area contributed by atoms with Gasteiger partial charge in [-0.25, -0.2) is 24.3 Å². The predicted molar refractivity (Wildman–Crippen MR) is 154 cm³/mol. The van der Waals surface area contributed by atoms with Gasteiger partial charge in [-0.15, -0.1) is 4.99 Å². The first-order valence-corrected chi connectivity index (χ1v) is 13.2. The van der Waals surface area contributed by atoms with Crippen molar-refractivity contribution in [3.05, 3.63) is 71.8 Å². The number of carbonyl (C=O) groups is 4. The number of carbonyl (C=O) groups excluding carboxylic acids is 4. The Labute approximate surface area is 245 Å². The molecule has 13 heteroatoms. The normalized spacial score (nSPS) is 12.1. The van der Waals surface area contributed by atoms with E-state index in [1.165, 1.54) is 14.2 Å². The molecule has 0 heterocycles. The summed E-state index contributed by atoms with van der Waals surface area (Å²) in [6, 6.07) is 16.9. The van der Waals surface area contributed by atoms with Crippen LogP contribution in [0.2, 0.25) is 0 Å². The number of nitrogens with one attached hydrogen (secondary N) is 1. The average Bonchev–Trinajstić information content (AvgIpc) is 2.95. The molecule has 0 spiro atoms. The van der Waals surface area contributed by atoms with E-state index in [-0.39, 0.29) is 32.6 Å². The number of nitrogens with zero attached hydrogens (tertiary/aromatic N) is 3. The molecule has 2 aromatic rings. The molecule has 2 rings (SSSR count). The summed E-state index contributed by atoms with van der Waals surface area (Å²) >= 11 is 0. The molecule has 0 saturated carbocycles. The highest BCUT2D eigenvalue weighted by Gasteiger charge is 2.28. The number of nitrogens with two attached hydrogens (primary N) is 1. The van der Waals surface area contributed by atoms with Crippen molar-refractivity contribution in [2.24, 2.45) is 10.7 Å². The highest BCUT2D eigenvalue weighted by atomic mass is 16.7. The van der Waals surface area contributed by atoms with Crippen molar-refractivity contribution < 1.29 is 38.2 Å². The lowest BCUT2D eigenvalue weighted by atomic mass is 10.1. The lowest BCUT2D eigenvalue weighted by molar-refractivity contribution is -0.171. The summed E-state index contributed by atoms with van der Waals surface area (Å²) in [7, 11) is 2.70. The van der Waals surface area contributed by atoms with Crippen molar-refractivity contribution in [2.75, 3.05) is 20.7 Å². The first-order valence-electron chi connectivity index (χ1n) is 13.2. The Kier molecular flexibility index (Phi) is 13.2. The van der Waals surface area contributed by atoms with E-state index in [0.717, 1.165) is 21.1 Å². The van der Waals surface area contributed by atoms with Gasteiger partial charge < -0.3 is 25.3 Å². The first-order chi connectivity index (χ1) is 19.9. The molecule has 13 nitrogen and oxygen atoms in total. The third-order valence-corrected chi connectivity index (χ3v) is 5.56. The number of hydrogen-bond acceptors (Lipinski definition) is 8. The number of hydroxylamine groups is 2. The lowest BCUT2D eigenvalue weighted by Crippen LogP contribution is -2.49. The van der Waals surface area contributed by atoms with Gasteiger partial charge in [-0.05, 0) is 44.7 Å². The van der Waals surface area contributed by atoms with Crippen molar-refractivity contribution in [3.63, 3.8) is 0 Å². The van der Waals surface area contributed by atoms with Crippen LogP contribution in [0.5, 0.6) is 0 Å². The molecule has 0 aliphatic heterocycles. The van der Waals surface area contributed by atoms with Gasteiger partial charge in [0.2, 0.25) is 5.96 Å². The average molecular weight is 586 g/mol. The quantitative estimate of drug-likeness (QED) is 0.172. The van der Waals surface area contributed by atoms with Crippen LogP contribution in [0.25, 0.3) is 0 Å². The summed E-state index contributed by atoms with van der Waals surface area (Å²) in [6.45, 7) is 4.87. The van der Waals surface area contributed by atoms with Crippen LogP contribution >= 0.6 is 0 Å². The third kappa shape index (κ3) is 12.3. The van der Waals surface area contributed by atoms with Gasteiger partial charge in [-0.3, -0.25) is 9.63 Å². The van der Waals surface area contributed by atoms with E-state index in [9.17, 15) is 19.2 Å². The van der Waals surface area contributed by atoms with Gasteiger partial charge in [-0.1, -0.05) is 60.7 Å². The van der Waals surface area contributed by atoms with Crippen LogP contribution in [0.15, 0.2) is 65.7 Å². The van der Waals surface area contributed by atoms with E-state index >= 15 is 0 Å². The number of amides is 4. The minimum Gasteiger partial charge on any atom is -0.444 e. The highest BCUT2D eigenvalue weighted by Crippen LogP contribution is 2.11. The van der Waals surface area contributed by atoms with Crippen LogP contribution in [-0.2, 0) is 37.1 Å². The van der Waals surface area contributed by atoms with E-state index in [2.05, 4.69) is 10.3 Å². The van der Waals surface area contributed by atoms with Crippen LogP contribution < -0.4 is 11.1 Å². The molecule has 0 aromatic heterocycles. The standard InChI is InChI=1S/C29H39N5O8/c1-29(2,3)42-27(37)31-23(24(35)33(4)39-5)17-12-18-34(28(38)41-20-22-15-10-7-11-16-22)25(30)32-26(36)40-19-21-13-8-6-9-14-21/h6-11,13-16,23H,12,17-20H2,1-5H3,(H,31,37)(H2,30,32,36)/t23-/m0/s1. The van der Waals surface area contributed by atoms with Crippen LogP contribution in [0.4, 0.5) is 14.4 Å². The van der Waals surface area contributed by atoms with Gasteiger partial charge in [0.1, 0.15) is 24.9 Å². The Morgan fingerprint density at radius 2 is 1.48 bits per heavy atom.